The van der Waals surface area contributed by atoms with E-state index in [9.17, 15) is 19.5 Å². The van der Waals surface area contributed by atoms with E-state index in [0.29, 0.717) is 37.9 Å². The van der Waals surface area contributed by atoms with Crippen molar-refractivity contribution in [2.75, 3.05) is 33.3 Å². The summed E-state index contributed by atoms with van der Waals surface area (Å²) in [5.41, 5.74) is -1.05. The summed E-state index contributed by atoms with van der Waals surface area (Å²) in [6.07, 6.45) is 1.79. The monoisotopic (exact) mass is 417 g/mol. The Bertz CT molecular complexity index is 787. The fourth-order valence-corrected chi connectivity index (χ4v) is 4.27. The first-order valence-corrected chi connectivity index (χ1v) is 10.3. The van der Waals surface area contributed by atoms with Crippen molar-refractivity contribution in [1.29, 1.82) is 0 Å². The van der Waals surface area contributed by atoms with Gasteiger partial charge in [0.2, 0.25) is 11.8 Å². The Kier molecular flexibility index (Phi) is 6.47. The molecule has 0 radical (unpaired) electrons. The zero-order valence-electron chi connectivity index (χ0n) is 17.9. The van der Waals surface area contributed by atoms with E-state index < -0.39 is 11.2 Å². The van der Waals surface area contributed by atoms with Crippen molar-refractivity contribution in [2.24, 2.45) is 0 Å². The molecular formula is C22H31N3O5. The highest BCUT2D eigenvalue weighted by Gasteiger charge is 2.50. The van der Waals surface area contributed by atoms with E-state index in [1.165, 1.54) is 6.92 Å². The first kappa shape index (κ1) is 22.2. The van der Waals surface area contributed by atoms with Crippen LogP contribution in [0.3, 0.4) is 0 Å². The quantitative estimate of drug-likeness (QED) is 0.755. The van der Waals surface area contributed by atoms with Gasteiger partial charge >= 0.3 is 0 Å². The average molecular weight is 418 g/mol. The van der Waals surface area contributed by atoms with Gasteiger partial charge in [-0.3, -0.25) is 14.4 Å². The average Bonchev–Trinajstić information content (AvgIpc) is 2.74. The summed E-state index contributed by atoms with van der Waals surface area (Å²) in [5, 5.41) is 13.4. The van der Waals surface area contributed by atoms with E-state index in [1.807, 2.05) is 6.07 Å². The summed E-state index contributed by atoms with van der Waals surface area (Å²) in [6, 6.07) is 8.45. The second-order valence-electron chi connectivity index (χ2n) is 8.61. The smallest absolute Gasteiger partial charge is 0.251 e. The molecule has 8 nitrogen and oxygen atoms in total. The predicted octanol–water partition coefficient (Wildman–Crippen LogP) is 0.796. The number of ether oxygens (including phenoxy) is 1. The molecule has 2 aliphatic rings. The summed E-state index contributed by atoms with van der Waals surface area (Å²) in [6.45, 7) is 4.31. The molecule has 2 aliphatic heterocycles. The van der Waals surface area contributed by atoms with Crippen molar-refractivity contribution in [3.8, 4) is 0 Å². The van der Waals surface area contributed by atoms with Crippen molar-refractivity contribution in [3.63, 3.8) is 0 Å². The molecule has 1 aromatic carbocycles. The lowest BCUT2D eigenvalue weighted by atomic mass is 9.77. The number of hydrogen-bond donors (Lipinski definition) is 2. The number of aliphatic hydroxyl groups is 1. The number of carbonyl (C=O) groups excluding carboxylic acids is 3. The van der Waals surface area contributed by atoms with E-state index in [0.717, 1.165) is 0 Å². The molecule has 3 amide bonds. The molecule has 164 valence electrons. The van der Waals surface area contributed by atoms with Crippen molar-refractivity contribution in [3.05, 3.63) is 35.9 Å². The van der Waals surface area contributed by atoms with Crippen LogP contribution in [0, 0.1) is 0 Å². The molecule has 3 rings (SSSR count). The van der Waals surface area contributed by atoms with Crippen LogP contribution in [0.1, 0.15) is 43.5 Å². The van der Waals surface area contributed by atoms with E-state index >= 15 is 0 Å². The largest absolute Gasteiger partial charge is 0.386 e. The SMILES string of the molecule is CC(=O)N(C)[C@H]1CC2(CCN(C(=O)CNC(=O)c3ccccc3)CC2)OC[C@]1(C)O. The Balaban J connectivity index is 1.54. The van der Waals surface area contributed by atoms with Crippen molar-refractivity contribution >= 4 is 17.7 Å². The lowest BCUT2D eigenvalue weighted by molar-refractivity contribution is -0.209. The summed E-state index contributed by atoms with van der Waals surface area (Å²) in [4.78, 5) is 39.9. The third kappa shape index (κ3) is 4.82. The van der Waals surface area contributed by atoms with Crippen molar-refractivity contribution in [2.45, 2.75) is 50.4 Å². The van der Waals surface area contributed by atoms with Gasteiger partial charge in [-0.15, -0.1) is 0 Å². The summed E-state index contributed by atoms with van der Waals surface area (Å²) in [5.74, 6) is -0.501. The van der Waals surface area contributed by atoms with Crippen LogP contribution in [-0.2, 0) is 14.3 Å². The lowest BCUT2D eigenvalue weighted by Gasteiger charge is -2.52. The van der Waals surface area contributed by atoms with Gasteiger partial charge in [-0.25, -0.2) is 0 Å². The van der Waals surface area contributed by atoms with Crippen molar-refractivity contribution < 1.29 is 24.2 Å². The molecule has 1 spiro atoms. The van der Waals surface area contributed by atoms with Gasteiger partial charge in [0, 0.05) is 32.6 Å². The second-order valence-corrected chi connectivity index (χ2v) is 8.61. The van der Waals surface area contributed by atoms with Crippen LogP contribution in [0.25, 0.3) is 0 Å². The van der Waals surface area contributed by atoms with Gasteiger partial charge in [0.1, 0.15) is 5.60 Å². The molecule has 0 bridgehead atoms. The molecule has 0 saturated carbocycles. The van der Waals surface area contributed by atoms with Crippen LogP contribution in [-0.4, -0.2) is 83.2 Å². The third-order valence-corrected chi connectivity index (χ3v) is 6.38. The molecular weight excluding hydrogens is 386 g/mol. The number of nitrogens with zero attached hydrogens (tertiary/aromatic N) is 2. The minimum Gasteiger partial charge on any atom is -0.386 e. The zero-order chi connectivity index (χ0) is 21.9. The van der Waals surface area contributed by atoms with Crippen LogP contribution in [0.15, 0.2) is 30.3 Å². The fourth-order valence-electron chi connectivity index (χ4n) is 4.27. The Hall–Kier alpha value is -2.45. The highest BCUT2D eigenvalue weighted by Crippen LogP contribution is 2.40. The highest BCUT2D eigenvalue weighted by atomic mass is 16.5. The molecule has 0 unspecified atom stereocenters. The number of benzene rings is 1. The molecule has 2 N–H and O–H groups in total. The number of piperidine rings is 1. The molecule has 2 atom stereocenters. The number of likely N-dealkylation sites (tertiary alicyclic amines) is 1. The molecule has 2 fully saturated rings. The number of likely N-dealkylation sites (N-methyl/N-ethyl adjacent to an activating group) is 1. The Morgan fingerprint density at radius 2 is 1.87 bits per heavy atom. The first-order valence-electron chi connectivity index (χ1n) is 10.3. The van der Waals surface area contributed by atoms with Gasteiger partial charge < -0.3 is 25.0 Å². The lowest BCUT2D eigenvalue weighted by Crippen LogP contribution is -2.64. The van der Waals surface area contributed by atoms with E-state index in [4.69, 9.17) is 4.74 Å². The summed E-state index contributed by atoms with van der Waals surface area (Å²) in [7, 11) is 1.70. The number of hydrogen-bond acceptors (Lipinski definition) is 5. The van der Waals surface area contributed by atoms with E-state index in [-0.39, 0.29) is 36.9 Å². The standard InChI is InChI=1S/C22H31N3O5/c1-16(26)24(3)18-13-22(30-15-21(18,2)29)9-11-25(12-10-22)19(27)14-23-20(28)17-7-5-4-6-8-17/h4-8,18,29H,9-15H2,1-3H3,(H,23,28)/t18-,21-/m0/s1. The minimum atomic E-state index is -1.11. The fraction of sp³-hybridized carbons (Fsp3) is 0.591. The van der Waals surface area contributed by atoms with Gasteiger partial charge in [0.25, 0.3) is 5.91 Å². The Morgan fingerprint density at radius 1 is 1.23 bits per heavy atom. The van der Waals surface area contributed by atoms with Gasteiger partial charge in [-0.1, -0.05) is 18.2 Å². The van der Waals surface area contributed by atoms with Gasteiger partial charge in [0.15, 0.2) is 0 Å². The van der Waals surface area contributed by atoms with E-state index in [2.05, 4.69) is 5.32 Å². The summed E-state index contributed by atoms with van der Waals surface area (Å²) >= 11 is 0. The maximum absolute atomic E-state index is 12.5. The predicted molar refractivity (Wildman–Crippen MR) is 111 cm³/mol. The number of amides is 3. The molecule has 1 aromatic rings. The molecule has 8 heteroatoms. The first-order chi connectivity index (χ1) is 14.1. The van der Waals surface area contributed by atoms with Gasteiger partial charge in [0.05, 0.1) is 24.8 Å². The topological polar surface area (TPSA) is 99.2 Å². The highest BCUT2D eigenvalue weighted by molar-refractivity contribution is 5.96. The van der Waals surface area contributed by atoms with Crippen LogP contribution in [0.2, 0.25) is 0 Å². The second kappa shape index (κ2) is 8.73. The normalized spacial score (nSPS) is 25.6. The Labute approximate surface area is 177 Å². The molecule has 2 heterocycles. The van der Waals surface area contributed by atoms with Crippen LogP contribution in [0.4, 0.5) is 0 Å². The Morgan fingerprint density at radius 3 is 2.47 bits per heavy atom. The molecule has 2 saturated heterocycles. The van der Waals surface area contributed by atoms with Gasteiger partial charge in [-0.05, 0) is 38.3 Å². The van der Waals surface area contributed by atoms with E-state index in [1.54, 1.807) is 48.0 Å². The molecule has 0 aromatic heterocycles. The van der Waals surface area contributed by atoms with Crippen LogP contribution < -0.4 is 5.32 Å². The number of carbonyl (C=O) groups is 3. The number of nitrogens with one attached hydrogen (secondary N) is 1. The molecule has 0 aliphatic carbocycles. The zero-order valence-corrected chi connectivity index (χ0v) is 17.9. The molecule has 30 heavy (non-hydrogen) atoms. The summed E-state index contributed by atoms with van der Waals surface area (Å²) < 4.78 is 6.07. The maximum Gasteiger partial charge on any atom is 0.251 e. The van der Waals surface area contributed by atoms with Crippen LogP contribution >= 0.6 is 0 Å². The van der Waals surface area contributed by atoms with Crippen molar-refractivity contribution in [1.82, 2.24) is 15.1 Å². The minimum absolute atomic E-state index is 0.0496. The van der Waals surface area contributed by atoms with Crippen LogP contribution in [0.5, 0.6) is 0 Å². The maximum atomic E-state index is 12.5. The van der Waals surface area contributed by atoms with Gasteiger partial charge in [-0.2, -0.15) is 0 Å². The third-order valence-electron chi connectivity index (χ3n) is 6.38. The number of rotatable bonds is 4.